The van der Waals surface area contributed by atoms with Gasteiger partial charge in [-0.2, -0.15) is 4.98 Å². The molecule has 1 aromatic heterocycles. The van der Waals surface area contributed by atoms with Crippen LogP contribution in [0.4, 0.5) is 15.8 Å². The Morgan fingerprint density at radius 2 is 1.62 bits per heavy atom. The van der Waals surface area contributed by atoms with E-state index >= 15 is 0 Å². The lowest BCUT2D eigenvalue weighted by molar-refractivity contribution is -0.118. The summed E-state index contributed by atoms with van der Waals surface area (Å²) in [5.74, 6) is 0.184. The number of nitrogens with zero attached hydrogens (tertiary/aromatic N) is 2. The molecule has 34 heavy (non-hydrogen) atoms. The lowest BCUT2D eigenvalue weighted by atomic mass is 10.2. The molecule has 0 atom stereocenters. The molecule has 9 heteroatoms. The van der Waals surface area contributed by atoms with Gasteiger partial charge in [0.2, 0.25) is 17.6 Å². The number of anilines is 2. The number of carbonyl (C=O) groups is 2. The van der Waals surface area contributed by atoms with Crippen LogP contribution in [0.5, 0.6) is 5.75 Å². The summed E-state index contributed by atoms with van der Waals surface area (Å²) in [6.07, 6.45) is 0.367. The zero-order valence-corrected chi connectivity index (χ0v) is 18.0. The number of para-hydroxylation sites is 1. The molecule has 2 N–H and O–H groups in total. The van der Waals surface area contributed by atoms with Crippen LogP contribution in [-0.2, 0) is 16.0 Å². The minimum absolute atomic E-state index is 0.121. The van der Waals surface area contributed by atoms with Crippen LogP contribution in [0.2, 0.25) is 0 Å². The first kappa shape index (κ1) is 22.7. The van der Waals surface area contributed by atoms with Crippen LogP contribution in [-0.4, -0.2) is 28.6 Å². The van der Waals surface area contributed by atoms with E-state index in [9.17, 15) is 14.0 Å². The molecule has 0 aliphatic rings. The highest BCUT2D eigenvalue weighted by Crippen LogP contribution is 2.19. The lowest BCUT2D eigenvalue weighted by Gasteiger charge is -2.09. The fraction of sp³-hybridized carbons (Fsp3) is 0.120. The van der Waals surface area contributed by atoms with Crippen molar-refractivity contribution in [2.75, 3.05) is 17.2 Å². The summed E-state index contributed by atoms with van der Waals surface area (Å²) < 4.78 is 23.7. The standard InChI is InChI=1S/C25H21FN4O4/c26-18-11-9-17(10-12-18)25-29-24(34-30-25)14-13-22(31)28-20-7-4-8-21(15-20)33-16-23(32)27-19-5-2-1-3-6-19/h1-12,15H,13-14,16H2,(H,27,32)(H,28,31). The number of halogens is 1. The van der Waals surface area contributed by atoms with Gasteiger partial charge >= 0.3 is 0 Å². The van der Waals surface area contributed by atoms with Crippen LogP contribution < -0.4 is 15.4 Å². The monoisotopic (exact) mass is 460 g/mol. The Kier molecular flexibility index (Phi) is 7.24. The van der Waals surface area contributed by atoms with Crippen LogP contribution in [0.15, 0.2) is 83.4 Å². The van der Waals surface area contributed by atoms with E-state index in [0.29, 0.717) is 34.4 Å². The Morgan fingerprint density at radius 3 is 2.41 bits per heavy atom. The smallest absolute Gasteiger partial charge is 0.262 e. The first-order valence-electron chi connectivity index (χ1n) is 10.5. The van der Waals surface area contributed by atoms with Crippen molar-refractivity contribution in [3.8, 4) is 17.1 Å². The first-order chi connectivity index (χ1) is 16.5. The molecule has 0 fully saturated rings. The van der Waals surface area contributed by atoms with Gasteiger partial charge in [-0.1, -0.05) is 29.4 Å². The molecule has 0 aliphatic heterocycles. The van der Waals surface area contributed by atoms with Gasteiger partial charge in [0.15, 0.2) is 6.61 Å². The number of aryl methyl sites for hydroxylation is 1. The molecule has 4 aromatic rings. The van der Waals surface area contributed by atoms with Gasteiger partial charge in [-0.25, -0.2) is 4.39 Å². The van der Waals surface area contributed by atoms with Crippen molar-refractivity contribution >= 4 is 23.2 Å². The average molecular weight is 460 g/mol. The maximum atomic E-state index is 13.0. The van der Waals surface area contributed by atoms with E-state index in [-0.39, 0.29) is 37.1 Å². The zero-order valence-electron chi connectivity index (χ0n) is 18.0. The van der Waals surface area contributed by atoms with Crippen molar-refractivity contribution in [1.29, 1.82) is 0 Å². The highest BCUT2D eigenvalue weighted by Gasteiger charge is 2.12. The molecule has 4 rings (SSSR count). The van der Waals surface area contributed by atoms with Gasteiger partial charge in [-0.3, -0.25) is 9.59 Å². The summed E-state index contributed by atoms with van der Waals surface area (Å²) in [7, 11) is 0. The normalized spacial score (nSPS) is 10.5. The van der Waals surface area contributed by atoms with Gasteiger partial charge < -0.3 is 19.9 Å². The molecule has 0 saturated carbocycles. The Bertz CT molecular complexity index is 1260. The summed E-state index contributed by atoms with van der Waals surface area (Å²) in [5.41, 5.74) is 1.83. The van der Waals surface area contributed by atoms with Crippen molar-refractivity contribution in [2.45, 2.75) is 12.8 Å². The minimum atomic E-state index is -0.353. The second-order valence-electron chi connectivity index (χ2n) is 7.30. The lowest BCUT2D eigenvalue weighted by Crippen LogP contribution is -2.20. The van der Waals surface area contributed by atoms with Crippen molar-refractivity contribution in [3.05, 3.63) is 90.6 Å². The largest absolute Gasteiger partial charge is 0.484 e. The number of amides is 2. The van der Waals surface area contributed by atoms with Gasteiger partial charge in [0.1, 0.15) is 11.6 Å². The molecule has 0 radical (unpaired) electrons. The fourth-order valence-corrected chi connectivity index (χ4v) is 3.05. The van der Waals surface area contributed by atoms with E-state index in [1.807, 2.05) is 18.2 Å². The summed E-state index contributed by atoms with van der Waals surface area (Å²) >= 11 is 0. The highest BCUT2D eigenvalue weighted by molar-refractivity contribution is 5.92. The van der Waals surface area contributed by atoms with Gasteiger partial charge in [0, 0.05) is 35.8 Å². The second kappa shape index (κ2) is 10.9. The molecule has 2 amide bonds. The number of hydrogen-bond donors (Lipinski definition) is 2. The van der Waals surface area contributed by atoms with Crippen LogP contribution in [0.3, 0.4) is 0 Å². The van der Waals surface area contributed by atoms with E-state index < -0.39 is 0 Å². The van der Waals surface area contributed by atoms with E-state index in [1.165, 1.54) is 12.1 Å². The Labute approximate surface area is 194 Å². The predicted molar refractivity (Wildman–Crippen MR) is 124 cm³/mol. The quantitative estimate of drug-likeness (QED) is 0.382. The van der Waals surface area contributed by atoms with E-state index in [4.69, 9.17) is 9.26 Å². The third-order valence-corrected chi connectivity index (χ3v) is 4.68. The summed E-state index contributed by atoms with van der Waals surface area (Å²) in [6, 6.07) is 21.6. The van der Waals surface area contributed by atoms with Crippen LogP contribution >= 0.6 is 0 Å². The van der Waals surface area contributed by atoms with Crippen LogP contribution in [0, 0.1) is 5.82 Å². The Hall–Kier alpha value is -4.53. The summed E-state index contributed by atoms with van der Waals surface area (Å²) in [6.45, 7) is -0.167. The molecular formula is C25H21FN4O4. The van der Waals surface area contributed by atoms with Crippen LogP contribution in [0.25, 0.3) is 11.4 Å². The number of rotatable bonds is 9. The molecule has 0 unspecified atom stereocenters. The third kappa shape index (κ3) is 6.49. The zero-order chi connectivity index (χ0) is 23.8. The fourth-order valence-electron chi connectivity index (χ4n) is 3.05. The Balaban J connectivity index is 1.24. The maximum absolute atomic E-state index is 13.0. The molecule has 1 heterocycles. The first-order valence-corrected chi connectivity index (χ1v) is 10.5. The van der Waals surface area contributed by atoms with Gasteiger partial charge in [-0.15, -0.1) is 0 Å². The van der Waals surface area contributed by atoms with Gasteiger partial charge in [-0.05, 0) is 48.5 Å². The van der Waals surface area contributed by atoms with Gasteiger partial charge in [0.05, 0.1) is 0 Å². The minimum Gasteiger partial charge on any atom is -0.484 e. The predicted octanol–water partition coefficient (Wildman–Crippen LogP) is 4.46. The van der Waals surface area contributed by atoms with Crippen LogP contribution in [0.1, 0.15) is 12.3 Å². The molecule has 172 valence electrons. The van der Waals surface area contributed by atoms with Gasteiger partial charge in [0.25, 0.3) is 5.91 Å². The number of benzene rings is 3. The number of aromatic nitrogens is 2. The average Bonchev–Trinajstić information content (AvgIpc) is 3.32. The van der Waals surface area contributed by atoms with Crippen molar-refractivity contribution in [3.63, 3.8) is 0 Å². The third-order valence-electron chi connectivity index (χ3n) is 4.68. The highest BCUT2D eigenvalue weighted by atomic mass is 19.1. The van der Waals surface area contributed by atoms with Crippen molar-refractivity contribution in [1.82, 2.24) is 10.1 Å². The number of hydrogen-bond acceptors (Lipinski definition) is 6. The Morgan fingerprint density at radius 1 is 0.882 bits per heavy atom. The maximum Gasteiger partial charge on any atom is 0.262 e. The van der Waals surface area contributed by atoms with E-state index in [2.05, 4.69) is 20.8 Å². The number of carbonyl (C=O) groups excluding carboxylic acids is 2. The molecule has 0 bridgehead atoms. The molecular weight excluding hydrogens is 439 g/mol. The second-order valence-corrected chi connectivity index (χ2v) is 7.30. The van der Waals surface area contributed by atoms with Crippen molar-refractivity contribution in [2.24, 2.45) is 0 Å². The SMILES string of the molecule is O=C(CCc1nc(-c2ccc(F)cc2)no1)Nc1cccc(OCC(=O)Nc2ccccc2)c1. The number of nitrogens with one attached hydrogen (secondary N) is 2. The molecule has 3 aromatic carbocycles. The topological polar surface area (TPSA) is 106 Å². The molecule has 0 aliphatic carbocycles. The molecule has 0 spiro atoms. The number of ether oxygens (including phenoxy) is 1. The van der Waals surface area contributed by atoms with E-state index in [0.717, 1.165) is 0 Å². The molecule has 8 nitrogen and oxygen atoms in total. The van der Waals surface area contributed by atoms with Crippen molar-refractivity contribution < 1.29 is 23.2 Å². The van der Waals surface area contributed by atoms with E-state index in [1.54, 1.807) is 48.5 Å². The molecule has 0 saturated heterocycles. The summed E-state index contributed by atoms with van der Waals surface area (Å²) in [5, 5.41) is 9.37. The summed E-state index contributed by atoms with van der Waals surface area (Å²) in [4.78, 5) is 28.6.